The molecule has 32 heavy (non-hydrogen) atoms. The van der Waals surface area contributed by atoms with Crippen LogP contribution < -0.4 is 5.48 Å². The van der Waals surface area contributed by atoms with E-state index in [0.29, 0.717) is 13.0 Å². The van der Waals surface area contributed by atoms with Crippen molar-refractivity contribution in [3.05, 3.63) is 34.4 Å². The number of nitrogens with zero attached hydrogens (tertiary/aromatic N) is 3. The molecule has 13 nitrogen and oxygen atoms in total. The summed E-state index contributed by atoms with van der Waals surface area (Å²) < 4.78 is 57.6. The van der Waals surface area contributed by atoms with Gasteiger partial charge in [-0.15, -0.1) is 0 Å². The lowest BCUT2D eigenvalue weighted by molar-refractivity contribution is -0.384. The number of nitrogens with one attached hydrogen (secondary N) is 1. The summed E-state index contributed by atoms with van der Waals surface area (Å²) in [6, 6.07) is 2.80. The lowest BCUT2D eigenvalue weighted by Crippen LogP contribution is -2.61. The molecule has 2 atom stereocenters. The topological polar surface area (TPSA) is 165 Å². The first kappa shape index (κ1) is 24.5. The van der Waals surface area contributed by atoms with E-state index in [1.807, 2.05) is 0 Å². The molecule has 1 aromatic rings. The Kier molecular flexibility index (Phi) is 7.46. The lowest BCUT2D eigenvalue weighted by atomic mass is 10.2. The summed E-state index contributed by atoms with van der Waals surface area (Å²) in [5, 5.41) is 10.8. The summed E-state index contributed by atoms with van der Waals surface area (Å²) in [7, 11) is -7.95. The van der Waals surface area contributed by atoms with Crippen LogP contribution in [0.25, 0.3) is 0 Å². The van der Waals surface area contributed by atoms with Crippen LogP contribution in [0.4, 0.5) is 5.69 Å². The molecule has 1 aromatic carbocycles. The van der Waals surface area contributed by atoms with Crippen LogP contribution >= 0.6 is 0 Å². The van der Waals surface area contributed by atoms with Crippen LogP contribution in [-0.2, 0) is 34.4 Å². The van der Waals surface area contributed by atoms with Crippen LogP contribution in [0.15, 0.2) is 29.2 Å². The highest BCUT2D eigenvalue weighted by atomic mass is 32.2. The fraction of sp³-hybridized carbons (Fsp3) is 0.588. The number of hydrogen-bond donors (Lipinski definition) is 1. The second-order valence-corrected chi connectivity index (χ2v) is 11.3. The normalized spacial score (nSPS) is 23.5. The molecular weight excluding hydrogens is 468 g/mol. The number of nitro benzene ring substituents is 1. The quantitative estimate of drug-likeness (QED) is 0.401. The average molecular weight is 493 g/mol. The van der Waals surface area contributed by atoms with Gasteiger partial charge in [-0.25, -0.2) is 27.2 Å². The van der Waals surface area contributed by atoms with Crippen molar-refractivity contribution in [3.63, 3.8) is 0 Å². The predicted molar refractivity (Wildman–Crippen MR) is 110 cm³/mol. The van der Waals surface area contributed by atoms with Gasteiger partial charge in [-0.3, -0.25) is 14.9 Å². The van der Waals surface area contributed by atoms with Crippen LogP contribution in [0.2, 0.25) is 0 Å². The van der Waals surface area contributed by atoms with E-state index in [2.05, 4.69) is 5.48 Å². The van der Waals surface area contributed by atoms with E-state index >= 15 is 0 Å². The third-order valence-electron chi connectivity index (χ3n) is 5.15. The average Bonchev–Trinajstić information content (AvgIpc) is 2.77. The molecule has 15 heteroatoms. The van der Waals surface area contributed by atoms with E-state index in [1.165, 1.54) is 0 Å². The molecule has 0 aliphatic carbocycles. The Bertz CT molecular complexity index is 1050. The molecule has 3 rings (SSSR count). The molecule has 0 aromatic heterocycles. The number of ether oxygens (including phenoxy) is 1. The van der Waals surface area contributed by atoms with Gasteiger partial charge < -0.3 is 4.74 Å². The monoisotopic (exact) mass is 492 g/mol. The number of hydrogen-bond acceptors (Lipinski definition) is 9. The van der Waals surface area contributed by atoms with Crippen molar-refractivity contribution < 1.29 is 36.1 Å². The maximum Gasteiger partial charge on any atom is 0.269 e. The Morgan fingerprint density at radius 3 is 2.44 bits per heavy atom. The van der Waals surface area contributed by atoms with Crippen molar-refractivity contribution in [1.82, 2.24) is 14.1 Å². The van der Waals surface area contributed by atoms with Gasteiger partial charge in [-0.2, -0.15) is 8.61 Å². The molecule has 2 aliphatic rings. The number of piperazine rings is 1. The molecule has 0 spiro atoms. The first-order valence-corrected chi connectivity index (χ1v) is 13.1. The minimum atomic E-state index is -4.27. The number of carbonyl (C=O) groups excluding carboxylic acids is 1. The molecule has 1 N–H and O–H groups in total. The minimum Gasteiger partial charge on any atom is -0.350 e. The maximum absolute atomic E-state index is 13.2. The zero-order valence-electron chi connectivity index (χ0n) is 17.2. The van der Waals surface area contributed by atoms with E-state index in [0.717, 1.165) is 52.0 Å². The first-order chi connectivity index (χ1) is 15.0. The zero-order valence-corrected chi connectivity index (χ0v) is 18.9. The van der Waals surface area contributed by atoms with Gasteiger partial charge in [0, 0.05) is 44.8 Å². The molecule has 0 radical (unpaired) electrons. The zero-order chi connectivity index (χ0) is 23.5. The highest BCUT2D eigenvalue weighted by molar-refractivity contribution is 7.89. The van der Waals surface area contributed by atoms with Crippen LogP contribution in [-0.4, -0.2) is 81.1 Å². The molecule has 2 saturated heterocycles. The summed E-state index contributed by atoms with van der Waals surface area (Å²) in [6.45, 7) is -0.385. The van der Waals surface area contributed by atoms with E-state index in [4.69, 9.17) is 9.57 Å². The molecular formula is C17H24N4O9S2. The Labute approximate surface area is 185 Å². The highest BCUT2D eigenvalue weighted by Crippen LogP contribution is 2.25. The molecule has 178 valence electrons. The molecule has 2 heterocycles. The van der Waals surface area contributed by atoms with Crippen LogP contribution in [0.1, 0.15) is 19.3 Å². The first-order valence-electron chi connectivity index (χ1n) is 9.78. The summed E-state index contributed by atoms with van der Waals surface area (Å²) >= 11 is 0. The Morgan fingerprint density at radius 1 is 1.19 bits per heavy atom. The molecule has 1 amide bonds. The van der Waals surface area contributed by atoms with Crippen LogP contribution in [0.3, 0.4) is 0 Å². The van der Waals surface area contributed by atoms with Crippen molar-refractivity contribution in [1.29, 1.82) is 0 Å². The number of amides is 1. The third kappa shape index (κ3) is 5.60. The van der Waals surface area contributed by atoms with Gasteiger partial charge in [0.15, 0.2) is 6.29 Å². The van der Waals surface area contributed by atoms with E-state index in [1.54, 1.807) is 0 Å². The Hall–Kier alpha value is -2.17. The van der Waals surface area contributed by atoms with Crippen LogP contribution in [0.5, 0.6) is 0 Å². The maximum atomic E-state index is 13.2. The number of carbonyl (C=O) groups is 1. The predicted octanol–water partition coefficient (Wildman–Crippen LogP) is -0.196. The molecule has 2 fully saturated rings. The van der Waals surface area contributed by atoms with Gasteiger partial charge in [0.2, 0.25) is 20.0 Å². The Morgan fingerprint density at radius 2 is 1.88 bits per heavy atom. The number of nitro groups is 1. The van der Waals surface area contributed by atoms with Gasteiger partial charge >= 0.3 is 0 Å². The van der Waals surface area contributed by atoms with Gasteiger partial charge in [0.25, 0.3) is 11.6 Å². The summed E-state index contributed by atoms with van der Waals surface area (Å²) in [5.74, 6) is -0.849. The minimum absolute atomic E-state index is 0.151. The fourth-order valence-corrected chi connectivity index (χ4v) is 5.81. The van der Waals surface area contributed by atoms with Gasteiger partial charge in [-0.05, 0) is 25.0 Å². The smallest absolute Gasteiger partial charge is 0.269 e. The third-order valence-corrected chi connectivity index (χ3v) is 8.34. The van der Waals surface area contributed by atoms with Crippen molar-refractivity contribution in [3.8, 4) is 0 Å². The molecule has 2 aliphatic heterocycles. The largest absolute Gasteiger partial charge is 0.350 e. The number of non-ortho nitro benzene ring substituents is 1. The van der Waals surface area contributed by atoms with E-state index < -0.39 is 49.8 Å². The standard InChI is InChI=1S/C17H24N4O9S2/c1-31(25,26)19-9-10-20(32(27,28)14-7-5-13(6-8-14)21(23)24)15(12-19)17(22)18-30-16-4-2-3-11-29-16/h5-8,15-16H,2-4,9-12H2,1H3,(H,18,22)/t15-,16-/m1/s1. The van der Waals surface area contributed by atoms with E-state index in [-0.39, 0.29) is 23.7 Å². The molecule has 0 saturated carbocycles. The number of rotatable bonds is 7. The SMILES string of the molecule is CS(=O)(=O)N1CCN(S(=O)(=O)c2ccc([N+](=O)[O-])cc2)[C@@H](C(=O)NO[C@@H]2CCCCO2)C1. The number of hydroxylamine groups is 1. The van der Waals surface area contributed by atoms with Gasteiger partial charge in [0.05, 0.1) is 16.1 Å². The van der Waals surface area contributed by atoms with Crippen molar-refractivity contribution >= 4 is 31.6 Å². The second-order valence-electron chi connectivity index (χ2n) is 7.38. The molecule has 0 unspecified atom stereocenters. The van der Waals surface area contributed by atoms with Crippen LogP contribution in [0, 0.1) is 10.1 Å². The number of sulfonamides is 2. The molecule has 0 bridgehead atoms. The summed E-state index contributed by atoms with van der Waals surface area (Å²) in [4.78, 5) is 28.0. The second kappa shape index (κ2) is 9.76. The van der Waals surface area contributed by atoms with Crippen molar-refractivity contribution in [2.45, 2.75) is 36.5 Å². The Balaban J connectivity index is 1.83. The summed E-state index contributed by atoms with van der Waals surface area (Å²) in [5.41, 5.74) is 1.90. The highest BCUT2D eigenvalue weighted by Gasteiger charge is 2.42. The summed E-state index contributed by atoms with van der Waals surface area (Å²) in [6.07, 6.45) is 2.54. The van der Waals surface area contributed by atoms with E-state index in [9.17, 15) is 31.7 Å². The van der Waals surface area contributed by atoms with Gasteiger partial charge in [-0.1, -0.05) is 0 Å². The lowest BCUT2D eigenvalue weighted by Gasteiger charge is -2.38. The van der Waals surface area contributed by atoms with Gasteiger partial charge in [0.1, 0.15) is 6.04 Å². The fourth-order valence-electron chi connectivity index (χ4n) is 3.41. The van der Waals surface area contributed by atoms with Crippen molar-refractivity contribution in [2.75, 3.05) is 32.5 Å². The number of benzene rings is 1. The van der Waals surface area contributed by atoms with Crippen molar-refractivity contribution in [2.24, 2.45) is 0 Å².